The fourth-order valence-corrected chi connectivity index (χ4v) is 2.41. The van der Waals surface area contributed by atoms with E-state index in [1.165, 1.54) is 0 Å². The van der Waals surface area contributed by atoms with Crippen molar-refractivity contribution >= 4 is 11.1 Å². The van der Waals surface area contributed by atoms with Gasteiger partial charge in [-0.05, 0) is 25.7 Å². The second-order valence-corrected chi connectivity index (χ2v) is 4.59. The lowest BCUT2D eigenvalue weighted by molar-refractivity contribution is -0.0370. The molecule has 0 aliphatic carbocycles. The van der Waals surface area contributed by atoms with Crippen LogP contribution in [0.2, 0.25) is 0 Å². The van der Waals surface area contributed by atoms with Gasteiger partial charge in [0.15, 0.2) is 17.3 Å². The molecule has 7 heteroatoms. The maximum atomic E-state index is 12.0. The Balaban J connectivity index is 2.24. The van der Waals surface area contributed by atoms with Crippen LogP contribution in [0.5, 0.6) is 0 Å². The van der Waals surface area contributed by atoms with Crippen LogP contribution >= 0.6 is 0 Å². The zero-order valence-corrected chi connectivity index (χ0v) is 10.6. The Morgan fingerprint density at radius 1 is 1.42 bits per heavy atom. The van der Waals surface area contributed by atoms with E-state index >= 15 is 0 Å². The number of rotatable bonds is 2. The lowest BCUT2D eigenvalue weighted by Crippen LogP contribution is -2.24. The molecular formula is C12H15N3O4. The summed E-state index contributed by atoms with van der Waals surface area (Å²) in [6, 6.07) is 0. The molecule has 0 spiro atoms. The van der Waals surface area contributed by atoms with E-state index in [0.717, 1.165) is 19.3 Å². The predicted octanol–water partition coefficient (Wildman–Crippen LogP) is 0.939. The second kappa shape index (κ2) is 4.65. The molecule has 102 valence electrons. The molecule has 19 heavy (non-hydrogen) atoms. The Morgan fingerprint density at radius 2 is 2.26 bits per heavy atom. The van der Waals surface area contributed by atoms with E-state index in [1.807, 2.05) is 6.92 Å². The Labute approximate surface area is 108 Å². The molecule has 2 aromatic heterocycles. The predicted molar refractivity (Wildman–Crippen MR) is 67.1 cm³/mol. The van der Waals surface area contributed by atoms with Gasteiger partial charge in [0.25, 0.3) is 5.56 Å². The van der Waals surface area contributed by atoms with Gasteiger partial charge >= 0.3 is 5.76 Å². The van der Waals surface area contributed by atoms with Crippen molar-refractivity contribution < 1.29 is 9.15 Å². The smallest absolute Gasteiger partial charge is 0.405 e. The number of fused-ring (bicyclic) bond motifs is 1. The standard InChI is InChI=1S/C12H15N3O4/c1-2-7-10-9(11(16)13-12(17)19-10)15(14-7)8-5-3-4-6-18-8/h8H,2-6H2,1H3,(H,13,16,17). The molecule has 3 rings (SSSR count). The van der Waals surface area contributed by atoms with Crippen LogP contribution in [0, 0.1) is 0 Å². The summed E-state index contributed by atoms with van der Waals surface area (Å²) in [6.07, 6.45) is 3.18. The summed E-state index contributed by atoms with van der Waals surface area (Å²) >= 11 is 0. The molecule has 7 nitrogen and oxygen atoms in total. The third-order valence-electron chi connectivity index (χ3n) is 3.32. The Morgan fingerprint density at radius 3 is 2.95 bits per heavy atom. The third-order valence-corrected chi connectivity index (χ3v) is 3.32. The maximum Gasteiger partial charge on any atom is 0.419 e. The van der Waals surface area contributed by atoms with Crippen LogP contribution in [0.25, 0.3) is 11.1 Å². The third kappa shape index (κ3) is 1.99. The molecule has 1 N–H and O–H groups in total. The SMILES string of the molecule is CCc1nn(C2CCCCO2)c2c(=O)[nH]c(=O)oc12. The fourth-order valence-electron chi connectivity index (χ4n) is 2.41. The summed E-state index contributed by atoms with van der Waals surface area (Å²) in [5, 5.41) is 4.37. The minimum atomic E-state index is -0.753. The van der Waals surface area contributed by atoms with Crippen LogP contribution in [0.3, 0.4) is 0 Å². The van der Waals surface area contributed by atoms with Crippen LogP contribution in [-0.4, -0.2) is 21.4 Å². The molecule has 0 aromatic carbocycles. The van der Waals surface area contributed by atoms with Gasteiger partial charge in [0, 0.05) is 6.61 Å². The van der Waals surface area contributed by atoms with Crippen molar-refractivity contribution in [1.82, 2.24) is 14.8 Å². The maximum absolute atomic E-state index is 12.0. The molecule has 0 radical (unpaired) electrons. The van der Waals surface area contributed by atoms with Crippen molar-refractivity contribution in [2.45, 2.75) is 38.8 Å². The van der Waals surface area contributed by atoms with Gasteiger partial charge in [-0.3, -0.25) is 9.78 Å². The molecule has 1 saturated heterocycles. The molecule has 1 aliphatic heterocycles. The number of H-pyrrole nitrogens is 1. The summed E-state index contributed by atoms with van der Waals surface area (Å²) in [6.45, 7) is 2.55. The molecule has 1 fully saturated rings. The average molecular weight is 265 g/mol. The molecule has 0 amide bonds. The number of nitrogens with one attached hydrogen (secondary N) is 1. The van der Waals surface area contributed by atoms with E-state index < -0.39 is 11.3 Å². The van der Waals surface area contributed by atoms with Crippen LogP contribution in [0.15, 0.2) is 14.0 Å². The quantitative estimate of drug-likeness (QED) is 0.872. The van der Waals surface area contributed by atoms with Crippen molar-refractivity contribution in [2.24, 2.45) is 0 Å². The number of hydrogen-bond acceptors (Lipinski definition) is 5. The zero-order chi connectivity index (χ0) is 13.4. The zero-order valence-electron chi connectivity index (χ0n) is 10.6. The highest BCUT2D eigenvalue weighted by Gasteiger charge is 2.24. The molecular weight excluding hydrogens is 250 g/mol. The number of hydrogen-bond donors (Lipinski definition) is 1. The largest absolute Gasteiger partial charge is 0.419 e. The van der Waals surface area contributed by atoms with Gasteiger partial charge in [0.05, 0.1) is 0 Å². The van der Waals surface area contributed by atoms with E-state index in [0.29, 0.717) is 18.7 Å². The molecule has 2 aromatic rings. The molecule has 0 saturated carbocycles. The topological polar surface area (TPSA) is 90.1 Å². The number of aryl methyl sites for hydroxylation is 1. The van der Waals surface area contributed by atoms with Crippen LogP contribution < -0.4 is 11.3 Å². The van der Waals surface area contributed by atoms with Gasteiger partial charge in [-0.1, -0.05) is 6.92 Å². The number of aromatic amines is 1. The first-order chi connectivity index (χ1) is 9.20. The Kier molecular flexibility index (Phi) is 2.98. The first-order valence-electron chi connectivity index (χ1n) is 6.47. The van der Waals surface area contributed by atoms with Crippen molar-refractivity contribution in [1.29, 1.82) is 0 Å². The van der Waals surface area contributed by atoms with Gasteiger partial charge in [0.1, 0.15) is 5.69 Å². The van der Waals surface area contributed by atoms with Crippen molar-refractivity contribution in [3.8, 4) is 0 Å². The average Bonchev–Trinajstić information content (AvgIpc) is 2.78. The molecule has 0 bridgehead atoms. The van der Waals surface area contributed by atoms with Gasteiger partial charge in [-0.2, -0.15) is 5.10 Å². The van der Waals surface area contributed by atoms with E-state index in [9.17, 15) is 9.59 Å². The summed E-state index contributed by atoms with van der Waals surface area (Å²) in [4.78, 5) is 25.4. The first kappa shape index (κ1) is 12.2. The number of aromatic nitrogens is 3. The van der Waals surface area contributed by atoms with Crippen molar-refractivity contribution in [2.75, 3.05) is 6.61 Å². The Bertz CT molecular complexity index is 706. The minimum Gasteiger partial charge on any atom is -0.405 e. The number of nitrogens with zero attached hydrogens (tertiary/aromatic N) is 2. The van der Waals surface area contributed by atoms with Gasteiger partial charge in [0.2, 0.25) is 0 Å². The summed E-state index contributed by atoms with van der Waals surface area (Å²) in [5.74, 6) is -0.753. The number of ether oxygens (including phenoxy) is 1. The molecule has 1 unspecified atom stereocenters. The highest BCUT2D eigenvalue weighted by molar-refractivity contribution is 5.74. The normalized spacial score (nSPS) is 19.9. The van der Waals surface area contributed by atoms with E-state index in [4.69, 9.17) is 9.15 Å². The van der Waals surface area contributed by atoms with E-state index in [2.05, 4.69) is 10.1 Å². The molecule has 1 atom stereocenters. The van der Waals surface area contributed by atoms with Crippen LogP contribution in [-0.2, 0) is 11.2 Å². The molecule has 3 heterocycles. The highest BCUT2D eigenvalue weighted by atomic mass is 16.5. The Hall–Kier alpha value is -1.89. The molecule has 1 aliphatic rings. The fraction of sp³-hybridized carbons (Fsp3) is 0.583. The first-order valence-corrected chi connectivity index (χ1v) is 6.47. The van der Waals surface area contributed by atoms with E-state index in [1.54, 1.807) is 4.68 Å². The lowest BCUT2D eigenvalue weighted by atomic mass is 10.2. The minimum absolute atomic E-state index is 0.259. The lowest BCUT2D eigenvalue weighted by Gasteiger charge is -2.22. The van der Waals surface area contributed by atoms with Gasteiger partial charge in [-0.15, -0.1) is 0 Å². The van der Waals surface area contributed by atoms with Crippen LogP contribution in [0.1, 0.15) is 38.1 Å². The van der Waals surface area contributed by atoms with Crippen molar-refractivity contribution in [3.63, 3.8) is 0 Å². The summed E-state index contributed by atoms with van der Waals surface area (Å²) < 4.78 is 12.3. The van der Waals surface area contributed by atoms with E-state index in [-0.39, 0.29) is 17.3 Å². The van der Waals surface area contributed by atoms with Crippen LogP contribution in [0.4, 0.5) is 0 Å². The van der Waals surface area contributed by atoms with Crippen molar-refractivity contribution in [3.05, 3.63) is 26.6 Å². The highest BCUT2D eigenvalue weighted by Crippen LogP contribution is 2.25. The summed E-state index contributed by atoms with van der Waals surface area (Å²) in [5.41, 5.74) is 0.675. The second-order valence-electron chi connectivity index (χ2n) is 4.59. The van der Waals surface area contributed by atoms with Gasteiger partial charge < -0.3 is 9.15 Å². The van der Waals surface area contributed by atoms with Gasteiger partial charge in [-0.25, -0.2) is 9.48 Å². The summed E-state index contributed by atoms with van der Waals surface area (Å²) in [7, 11) is 0. The monoisotopic (exact) mass is 265 g/mol.